The topological polar surface area (TPSA) is 74.6 Å². The first-order valence-corrected chi connectivity index (χ1v) is 7.12. The average molecular weight is 299 g/mol. The minimum Gasteiger partial charge on any atom is -0.507 e. The van der Waals surface area contributed by atoms with Gasteiger partial charge >= 0.3 is 5.97 Å². The maximum atomic E-state index is 11.9. The van der Waals surface area contributed by atoms with Crippen LogP contribution in [0.3, 0.4) is 0 Å². The molecular weight excluding hydrogens is 280 g/mol. The van der Waals surface area contributed by atoms with Crippen LogP contribution in [0, 0.1) is 0 Å². The molecule has 2 N–H and O–H groups in total. The number of carbonyl (C=O) groups is 2. The quantitative estimate of drug-likeness (QED) is 0.533. The van der Waals surface area contributed by atoms with Gasteiger partial charge in [-0.2, -0.15) is 0 Å². The van der Waals surface area contributed by atoms with Gasteiger partial charge in [0.05, 0.1) is 5.56 Å². The van der Waals surface area contributed by atoms with Crippen LogP contribution in [-0.4, -0.2) is 22.0 Å². The number of phenolic OH excluding ortho intramolecular Hbond substituents is 1. The standard InChI is InChI=1S/C15H19ClO4/c16-11-8-9-14(18)12(10-11)13(17)6-4-2-1-3-5-7-15(19)20/h8-10,18H,1-7H2,(H,19,20). The molecule has 0 spiro atoms. The largest absolute Gasteiger partial charge is 0.507 e. The van der Waals surface area contributed by atoms with Crippen molar-refractivity contribution in [2.45, 2.75) is 44.9 Å². The molecule has 0 aliphatic heterocycles. The van der Waals surface area contributed by atoms with Gasteiger partial charge in [-0.05, 0) is 31.0 Å². The molecule has 0 aliphatic carbocycles. The van der Waals surface area contributed by atoms with Crippen molar-refractivity contribution in [3.63, 3.8) is 0 Å². The van der Waals surface area contributed by atoms with E-state index in [-0.39, 0.29) is 23.5 Å². The first-order valence-electron chi connectivity index (χ1n) is 6.74. The molecule has 1 rings (SSSR count). The number of unbranched alkanes of at least 4 members (excludes halogenated alkanes) is 4. The number of ketones is 1. The molecule has 0 saturated heterocycles. The summed E-state index contributed by atoms with van der Waals surface area (Å²) in [5.41, 5.74) is 0.267. The molecular formula is C15H19ClO4. The Morgan fingerprint density at radius 1 is 1.00 bits per heavy atom. The summed E-state index contributed by atoms with van der Waals surface area (Å²) in [6.45, 7) is 0. The van der Waals surface area contributed by atoms with Crippen molar-refractivity contribution < 1.29 is 19.8 Å². The van der Waals surface area contributed by atoms with Gasteiger partial charge in [-0.1, -0.05) is 30.9 Å². The van der Waals surface area contributed by atoms with Crippen molar-refractivity contribution in [2.75, 3.05) is 0 Å². The van der Waals surface area contributed by atoms with E-state index in [0.29, 0.717) is 17.9 Å². The van der Waals surface area contributed by atoms with Gasteiger partial charge in [-0.25, -0.2) is 0 Å². The van der Waals surface area contributed by atoms with Crippen LogP contribution in [0.2, 0.25) is 5.02 Å². The number of hydrogen-bond acceptors (Lipinski definition) is 3. The van der Waals surface area contributed by atoms with E-state index in [9.17, 15) is 14.7 Å². The van der Waals surface area contributed by atoms with Crippen LogP contribution in [0.5, 0.6) is 5.75 Å². The first kappa shape index (κ1) is 16.5. The molecule has 20 heavy (non-hydrogen) atoms. The summed E-state index contributed by atoms with van der Waals surface area (Å²) in [4.78, 5) is 22.2. The van der Waals surface area contributed by atoms with E-state index >= 15 is 0 Å². The lowest BCUT2D eigenvalue weighted by molar-refractivity contribution is -0.137. The smallest absolute Gasteiger partial charge is 0.303 e. The maximum absolute atomic E-state index is 11.9. The molecule has 1 aromatic rings. The minimum atomic E-state index is -0.767. The van der Waals surface area contributed by atoms with E-state index < -0.39 is 5.97 Å². The number of hydrogen-bond donors (Lipinski definition) is 2. The fraction of sp³-hybridized carbons (Fsp3) is 0.467. The van der Waals surface area contributed by atoms with Gasteiger partial charge in [0.1, 0.15) is 5.75 Å². The highest BCUT2D eigenvalue weighted by molar-refractivity contribution is 6.31. The fourth-order valence-electron chi connectivity index (χ4n) is 1.96. The molecule has 110 valence electrons. The molecule has 0 aromatic heterocycles. The molecule has 0 atom stereocenters. The fourth-order valence-corrected chi connectivity index (χ4v) is 2.13. The summed E-state index contributed by atoms with van der Waals surface area (Å²) in [7, 11) is 0. The number of aromatic hydroxyl groups is 1. The van der Waals surface area contributed by atoms with E-state index in [4.69, 9.17) is 16.7 Å². The van der Waals surface area contributed by atoms with Crippen LogP contribution in [-0.2, 0) is 4.79 Å². The van der Waals surface area contributed by atoms with Crippen molar-refractivity contribution >= 4 is 23.4 Å². The maximum Gasteiger partial charge on any atom is 0.303 e. The van der Waals surface area contributed by atoms with Crippen LogP contribution in [0.25, 0.3) is 0 Å². The number of Topliss-reactive ketones (excluding diaryl/α,β-unsaturated/α-hetero) is 1. The molecule has 0 aliphatic rings. The van der Waals surface area contributed by atoms with Crippen LogP contribution in [0.1, 0.15) is 55.3 Å². The number of aliphatic carboxylic acids is 1. The Bertz CT molecular complexity index is 471. The number of carboxylic acids is 1. The van der Waals surface area contributed by atoms with Crippen molar-refractivity contribution in [1.29, 1.82) is 0 Å². The van der Waals surface area contributed by atoms with Crippen LogP contribution in [0.4, 0.5) is 0 Å². The Labute approximate surface area is 123 Å². The highest BCUT2D eigenvalue weighted by Gasteiger charge is 2.11. The van der Waals surface area contributed by atoms with Crippen LogP contribution < -0.4 is 0 Å². The number of carboxylic acid groups (broad SMARTS) is 1. The Morgan fingerprint density at radius 3 is 2.25 bits per heavy atom. The monoisotopic (exact) mass is 298 g/mol. The second-order valence-corrected chi connectivity index (χ2v) is 5.18. The highest BCUT2D eigenvalue weighted by Crippen LogP contribution is 2.23. The molecule has 5 heteroatoms. The lowest BCUT2D eigenvalue weighted by Gasteiger charge is -2.04. The normalized spacial score (nSPS) is 10.4. The van der Waals surface area contributed by atoms with Crippen LogP contribution >= 0.6 is 11.6 Å². The Balaban J connectivity index is 2.23. The minimum absolute atomic E-state index is 0.0409. The van der Waals surface area contributed by atoms with E-state index in [1.165, 1.54) is 18.2 Å². The van der Waals surface area contributed by atoms with Gasteiger partial charge in [0.2, 0.25) is 0 Å². The third kappa shape index (κ3) is 6.06. The Hall–Kier alpha value is -1.55. The summed E-state index contributed by atoms with van der Waals surface area (Å²) in [5.74, 6) is -0.923. The van der Waals surface area contributed by atoms with Gasteiger partial charge in [0.15, 0.2) is 5.78 Å². The van der Waals surface area contributed by atoms with E-state index in [1.807, 2.05) is 0 Å². The second kappa shape index (κ2) is 8.59. The highest BCUT2D eigenvalue weighted by atomic mass is 35.5. The Morgan fingerprint density at radius 2 is 1.60 bits per heavy atom. The summed E-state index contributed by atoms with van der Waals surface area (Å²) in [5, 5.41) is 18.5. The van der Waals surface area contributed by atoms with Crippen LogP contribution in [0.15, 0.2) is 18.2 Å². The average Bonchev–Trinajstić information content (AvgIpc) is 2.39. The van der Waals surface area contributed by atoms with E-state index in [2.05, 4.69) is 0 Å². The molecule has 1 aromatic carbocycles. The van der Waals surface area contributed by atoms with Crippen molar-refractivity contribution in [3.05, 3.63) is 28.8 Å². The number of rotatable bonds is 9. The zero-order valence-electron chi connectivity index (χ0n) is 11.3. The van der Waals surface area contributed by atoms with Gasteiger partial charge < -0.3 is 10.2 Å². The molecule has 0 amide bonds. The molecule has 0 fully saturated rings. The predicted molar refractivity (Wildman–Crippen MR) is 77.4 cm³/mol. The molecule has 4 nitrogen and oxygen atoms in total. The van der Waals surface area contributed by atoms with Crippen molar-refractivity contribution in [3.8, 4) is 5.75 Å². The van der Waals surface area contributed by atoms with Gasteiger partial charge in [0.25, 0.3) is 0 Å². The number of phenols is 1. The molecule has 0 bridgehead atoms. The second-order valence-electron chi connectivity index (χ2n) is 4.75. The summed E-state index contributed by atoms with van der Waals surface area (Å²) < 4.78 is 0. The zero-order chi connectivity index (χ0) is 15.0. The predicted octanol–water partition coefficient (Wildman–Crippen LogP) is 4.04. The van der Waals surface area contributed by atoms with Gasteiger partial charge in [-0.3, -0.25) is 9.59 Å². The molecule has 0 unspecified atom stereocenters. The van der Waals surface area contributed by atoms with Crippen molar-refractivity contribution in [2.24, 2.45) is 0 Å². The summed E-state index contributed by atoms with van der Waals surface area (Å²) in [6, 6.07) is 4.43. The molecule has 0 saturated carbocycles. The third-order valence-corrected chi connectivity index (χ3v) is 3.29. The van der Waals surface area contributed by atoms with Crippen molar-refractivity contribution in [1.82, 2.24) is 0 Å². The zero-order valence-corrected chi connectivity index (χ0v) is 12.0. The summed E-state index contributed by atoms with van der Waals surface area (Å²) >= 11 is 5.79. The Kier molecular flexibility index (Phi) is 7.09. The van der Waals surface area contributed by atoms with Gasteiger partial charge in [-0.15, -0.1) is 0 Å². The number of halogens is 1. The van der Waals surface area contributed by atoms with E-state index in [1.54, 1.807) is 0 Å². The van der Waals surface area contributed by atoms with Gasteiger partial charge in [0, 0.05) is 17.9 Å². The number of benzene rings is 1. The first-order chi connectivity index (χ1) is 9.50. The molecule has 0 radical (unpaired) electrons. The van der Waals surface area contributed by atoms with E-state index in [0.717, 1.165) is 25.7 Å². The SMILES string of the molecule is O=C(O)CCCCCCCC(=O)c1cc(Cl)ccc1O. The summed E-state index contributed by atoms with van der Waals surface area (Å²) in [6.07, 6.45) is 4.65. The lowest BCUT2D eigenvalue weighted by atomic mass is 10.0. The molecule has 0 heterocycles. The third-order valence-electron chi connectivity index (χ3n) is 3.05. The number of carbonyl (C=O) groups excluding carboxylic acids is 1. The lowest BCUT2D eigenvalue weighted by Crippen LogP contribution is -1.99.